The predicted molar refractivity (Wildman–Crippen MR) is 95.3 cm³/mol. The molecule has 0 saturated carbocycles. The van der Waals surface area contributed by atoms with Crippen LogP contribution in [0.3, 0.4) is 0 Å². The average Bonchev–Trinajstić information content (AvgIpc) is 2.86. The molecule has 126 valence electrons. The third-order valence-electron chi connectivity index (χ3n) is 4.34. The van der Waals surface area contributed by atoms with Crippen molar-refractivity contribution in [1.82, 2.24) is 14.5 Å². The quantitative estimate of drug-likeness (QED) is 0.853. The van der Waals surface area contributed by atoms with Gasteiger partial charge in [-0.3, -0.25) is 4.90 Å². The van der Waals surface area contributed by atoms with Gasteiger partial charge >= 0.3 is 0 Å². The van der Waals surface area contributed by atoms with E-state index >= 15 is 0 Å². The van der Waals surface area contributed by atoms with Crippen LogP contribution in [-0.2, 0) is 16.7 Å². The molecule has 3 rings (SSSR count). The molecule has 1 aliphatic rings. The minimum atomic E-state index is 0.0183. The molecule has 1 saturated heterocycles. The van der Waals surface area contributed by atoms with Gasteiger partial charge in [-0.15, -0.1) is 0 Å². The van der Waals surface area contributed by atoms with Crippen LogP contribution in [0.1, 0.15) is 33.0 Å². The smallest absolute Gasteiger partial charge is 0.115 e. The van der Waals surface area contributed by atoms with Gasteiger partial charge in [0.25, 0.3) is 0 Å². The highest BCUT2D eigenvalue weighted by Gasteiger charge is 2.23. The van der Waals surface area contributed by atoms with E-state index in [1.165, 1.54) is 5.52 Å². The number of aromatic nitrogens is 2. The van der Waals surface area contributed by atoms with Gasteiger partial charge in [-0.2, -0.15) is 0 Å². The summed E-state index contributed by atoms with van der Waals surface area (Å²) < 4.78 is 7.78. The number of ether oxygens (including phenoxy) is 1. The molecule has 0 aliphatic carbocycles. The zero-order valence-corrected chi connectivity index (χ0v) is 15.1. The first-order chi connectivity index (χ1) is 10.9. The minimum absolute atomic E-state index is 0.0183. The van der Waals surface area contributed by atoms with Crippen LogP contribution < -0.4 is 0 Å². The van der Waals surface area contributed by atoms with Gasteiger partial charge in [0, 0.05) is 36.6 Å². The lowest BCUT2D eigenvalue weighted by molar-refractivity contribution is 0.0369. The van der Waals surface area contributed by atoms with Crippen molar-refractivity contribution in [1.29, 1.82) is 0 Å². The molecule has 0 N–H and O–H groups in total. The van der Waals surface area contributed by atoms with Crippen molar-refractivity contribution >= 4 is 22.6 Å². The minimum Gasteiger partial charge on any atom is -0.379 e. The summed E-state index contributed by atoms with van der Waals surface area (Å²) in [5.74, 6) is 1.14. The molecule has 0 amide bonds. The molecule has 2 aromatic rings. The zero-order valence-electron chi connectivity index (χ0n) is 14.3. The Kier molecular flexibility index (Phi) is 4.95. The first-order valence-electron chi connectivity index (χ1n) is 8.41. The number of imidazole rings is 1. The van der Waals surface area contributed by atoms with Crippen molar-refractivity contribution < 1.29 is 4.74 Å². The number of benzene rings is 1. The van der Waals surface area contributed by atoms with Gasteiger partial charge in [0.1, 0.15) is 5.82 Å². The lowest BCUT2D eigenvalue weighted by Gasteiger charge is -2.27. The van der Waals surface area contributed by atoms with Crippen LogP contribution >= 0.6 is 11.6 Å². The van der Waals surface area contributed by atoms with Gasteiger partial charge in [-0.05, 0) is 24.6 Å². The number of fused-ring (bicyclic) bond motifs is 1. The van der Waals surface area contributed by atoms with Crippen molar-refractivity contribution in [2.75, 3.05) is 32.8 Å². The van der Waals surface area contributed by atoms with Crippen molar-refractivity contribution in [2.24, 2.45) is 0 Å². The Hall–Kier alpha value is -1.10. The first-order valence-corrected chi connectivity index (χ1v) is 8.79. The maximum Gasteiger partial charge on any atom is 0.115 e. The van der Waals surface area contributed by atoms with Gasteiger partial charge in [0.2, 0.25) is 0 Å². The van der Waals surface area contributed by atoms with Crippen molar-refractivity contribution in [3.05, 3.63) is 29.0 Å². The standard InChI is InChI=1S/C18H26ClN3O/c1-18(2,3)17-20-15-13-14(19)5-6-16(15)22(17)8-4-7-21-9-11-23-12-10-21/h5-6,13H,4,7-12H2,1-3H3. The van der Waals surface area contributed by atoms with E-state index in [2.05, 4.69) is 36.3 Å². The monoisotopic (exact) mass is 335 g/mol. The number of nitrogens with zero attached hydrogens (tertiary/aromatic N) is 3. The van der Waals surface area contributed by atoms with E-state index in [0.29, 0.717) is 0 Å². The molecule has 1 aromatic heterocycles. The fourth-order valence-electron chi connectivity index (χ4n) is 3.18. The summed E-state index contributed by atoms with van der Waals surface area (Å²) in [6.07, 6.45) is 1.12. The summed E-state index contributed by atoms with van der Waals surface area (Å²) in [6, 6.07) is 6.01. The second kappa shape index (κ2) is 6.80. The Balaban J connectivity index is 1.80. The molecule has 0 atom stereocenters. The van der Waals surface area contributed by atoms with Gasteiger partial charge < -0.3 is 9.30 Å². The van der Waals surface area contributed by atoms with Gasteiger partial charge in [-0.25, -0.2) is 4.98 Å². The van der Waals surface area contributed by atoms with E-state index in [-0.39, 0.29) is 5.41 Å². The second-order valence-electron chi connectivity index (χ2n) is 7.28. The summed E-state index contributed by atoms with van der Waals surface area (Å²) in [5, 5.41) is 0.746. The van der Waals surface area contributed by atoms with E-state index in [1.807, 2.05) is 12.1 Å². The van der Waals surface area contributed by atoms with Crippen LogP contribution in [0, 0.1) is 0 Å². The summed E-state index contributed by atoms with van der Waals surface area (Å²) in [7, 11) is 0. The van der Waals surface area contributed by atoms with Gasteiger partial charge in [-0.1, -0.05) is 32.4 Å². The number of morpholine rings is 1. The average molecular weight is 336 g/mol. The lowest BCUT2D eigenvalue weighted by Crippen LogP contribution is -2.37. The third kappa shape index (κ3) is 3.87. The van der Waals surface area contributed by atoms with E-state index in [0.717, 1.165) is 62.2 Å². The molecule has 0 spiro atoms. The van der Waals surface area contributed by atoms with Crippen molar-refractivity contribution in [2.45, 2.75) is 39.2 Å². The molecular weight excluding hydrogens is 310 g/mol. The van der Waals surface area contributed by atoms with Crippen molar-refractivity contribution in [3.8, 4) is 0 Å². The van der Waals surface area contributed by atoms with Gasteiger partial charge in [0.05, 0.1) is 24.2 Å². The molecule has 23 heavy (non-hydrogen) atoms. The van der Waals surface area contributed by atoms with Crippen LogP contribution in [-0.4, -0.2) is 47.3 Å². The van der Waals surface area contributed by atoms with Crippen LogP contribution in [0.15, 0.2) is 18.2 Å². The summed E-state index contributed by atoms with van der Waals surface area (Å²) in [5.41, 5.74) is 2.19. The number of aryl methyl sites for hydroxylation is 1. The second-order valence-corrected chi connectivity index (χ2v) is 7.71. The first kappa shape index (κ1) is 16.7. The maximum absolute atomic E-state index is 6.13. The number of rotatable bonds is 4. The highest BCUT2D eigenvalue weighted by Crippen LogP contribution is 2.28. The zero-order chi connectivity index (χ0) is 16.4. The van der Waals surface area contributed by atoms with Crippen LogP contribution in [0.5, 0.6) is 0 Å². The Bertz CT molecular complexity index is 669. The number of hydrogen-bond donors (Lipinski definition) is 0. The molecule has 1 aromatic carbocycles. The molecule has 1 aliphatic heterocycles. The third-order valence-corrected chi connectivity index (χ3v) is 4.58. The molecular formula is C18H26ClN3O. The summed E-state index contributed by atoms with van der Waals surface area (Å²) in [6.45, 7) is 12.6. The molecule has 5 heteroatoms. The fourth-order valence-corrected chi connectivity index (χ4v) is 3.35. The molecule has 0 radical (unpaired) electrons. The maximum atomic E-state index is 6.13. The van der Waals surface area contributed by atoms with E-state index in [4.69, 9.17) is 21.3 Å². The molecule has 4 nitrogen and oxygen atoms in total. The normalized spacial score (nSPS) is 17.0. The largest absolute Gasteiger partial charge is 0.379 e. The SMILES string of the molecule is CC(C)(C)c1nc2cc(Cl)ccc2n1CCCN1CCOCC1. The fraction of sp³-hybridized carbons (Fsp3) is 0.611. The Morgan fingerprint density at radius 1 is 1.17 bits per heavy atom. The van der Waals surface area contributed by atoms with E-state index < -0.39 is 0 Å². The van der Waals surface area contributed by atoms with Crippen molar-refractivity contribution in [3.63, 3.8) is 0 Å². The summed E-state index contributed by atoms with van der Waals surface area (Å²) >= 11 is 6.13. The Labute approximate surface area is 143 Å². The predicted octanol–water partition coefficient (Wildman–Crippen LogP) is 3.71. The number of halogens is 1. The number of hydrogen-bond acceptors (Lipinski definition) is 3. The lowest BCUT2D eigenvalue weighted by atomic mass is 9.95. The van der Waals surface area contributed by atoms with Crippen LogP contribution in [0.2, 0.25) is 5.02 Å². The Morgan fingerprint density at radius 2 is 1.91 bits per heavy atom. The van der Waals surface area contributed by atoms with E-state index in [9.17, 15) is 0 Å². The van der Waals surface area contributed by atoms with Gasteiger partial charge in [0.15, 0.2) is 0 Å². The molecule has 2 heterocycles. The highest BCUT2D eigenvalue weighted by atomic mass is 35.5. The van der Waals surface area contributed by atoms with Crippen LogP contribution in [0.25, 0.3) is 11.0 Å². The molecule has 0 unspecified atom stereocenters. The molecule has 1 fully saturated rings. The van der Waals surface area contributed by atoms with E-state index in [1.54, 1.807) is 0 Å². The topological polar surface area (TPSA) is 30.3 Å². The van der Waals surface area contributed by atoms with Crippen LogP contribution in [0.4, 0.5) is 0 Å². The highest BCUT2D eigenvalue weighted by molar-refractivity contribution is 6.31. The Morgan fingerprint density at radius 3 is 2.61 bits per heavy atom. The summed E-state index contributed by atoms with van der Waals surface area (Å²) in [4.78, 5) is 7.34. The molecule has 0 bridgehead atoms.